The number of ether oxygens (including phenoxy) is 1. The number of rotatable bonds is 6. The molecule has 1 heterocycles. The molecule has 1 aliphatic heterocycles. The fourth-order valence-electron chi connectivity index (χ4n) is 2.66. The Hall–Kier alpha value is -1.19. The number of carbonyl (C=O) groups excluding carboxylic acids is 1. The number of hydrogen-bond donors (Lipinski definition) is 1. The zero-order valence-corrected chi connectivity index (χ0v) is 11.2. The van der Waals surface area contributed by atoms with Gasteiger partial charge in [-0.1, -0.05) is 24.3 Å². The van der Waals surface area contributed by atoms with Crippen molar-refractivity contribution < 1.29 is 9.53 Å². The summed E-state index contributed by atoms with van der Waals surface area (Å²) in [6.45, 7) is 2.21. The van der Waals surface area contributed by atoms with E-state index in [-0.39, 0.29) is 11.9 Å². The van der Waals surface area contributed by atoms with Crippen LogP contribution in [-0.4, -0.2) is 25.5 Å². The van der Waals surface area contributed by atoms with Crippen LogP contribution in [-0.2, 0) is 16.0 Å². The van der Waals surface area contributed by atoms with Gasteiger partial charge in [-0.25, -0.2) is 0 Å². The smallest absolute Gasteiger partial charge is 0.149 e. The summed E-state index contributed by atoms with van der Waals surface area (Å²) < 4.78 is 5.77. The normalized spacial score (nSPS) is 22.0. The molecule has 1 atom stereocenters. The molecule has 1 aliphatic carbocycles. The molecule has 102 valence electrons. The van der Waals surface area contributed by atoms with Crippen molar-refractivity contribution in [3.8, 4) is 0 Å². The number of fused-ring (bicyclic) bond motifs is 1. The maximum atomic E-state index is 12.0. The second kappa shape index (κ2) is 5.85. The van der Waals surface area contributed by atoms with Crippen molar-refractivity contribution in [2.24, 2.45) is 5.92 Å². The van der Waals surface area contributed by atoms with Crippen LogP contribution in [0.5, 0.6) is 0 Å². The molecule has 0 amide bonds. The van der Waals surface area contributed by atoms with Crippen molar-refractivity contribution in [3.63, 3.8) is 0 Å². The predicted molar refractivity (Wildman–Crippen MR) is 74.1 cm³/mol. The third-order valence-electron chi connectivity index (χ3n) is 3.96. The Kier molecular flexibility index (Phi) is 3.95. The maximum Gasteiger partial charge on any atom is 0.149 e. The standard InChI is InChI=1S/C16H21NO2/c18-14(11-17-10-12-5-6-12)9-16-15-4-2-1-3-13(15)7-8-19-16/h1-4,12,16-17H,5-11H2. The number of benzene rings is 1. The van der Waals surface area contributed by atoms with E-state index in [4.69, 9.17) is 4.74 Å². The molecule has 1 unspecified atom stereocenters. The van der Waals surface area contributed by atoms with Crippen molar-refractivity contribution in [2.75, 3.05) is 19.7 Å². The van der Waals surface area contributed by atoms with Crippen LogP contribution in [0.3, 0.4) is 0 Å². The van der Waals surface area contributed by atoms with Gasteiger partial charge in [-0.2, -0.15) is 0 Å². The van der Waals surface area contributed by atoms with Crippen LogP contribution in [0.25, 0.3) is 0 Å². The summed E-state index contributed by atoms with van der Waals surface area (Å²) in [5.74, 6) is 1.07. The lowest BCUT2D eigenvalue weighted by atomic mass is 9.94. The average Bonchev–Trinajstić information content (AvgIpc) is 3.23. The van der Waals surface area contributed by atoms with Crippen LogP contribution in [0.2, 0.25) is 0 Å². The van der Waals surface area contributed by atoms with Crippen LogP contribution < -0.4 is 5.32 Å². The minimum absolute atomic E-state index is 0.0415. The molecule has 3 nitrogen and oxygen atoms in total. The summed E-state index contributed by atoms with van der Waals surface area (Å²) in [5.41, 5.74) is 2.53. The molecular formula is C16H21NO2. The van der Waals surface area contributed by atoms with Crippen LogP contribution >= 0.6 is 0 Å². The van der Waals surface area contributed by atoms with Gasteiger partial charge in [0.15, 0.2) is 0 Å². The highest BCUT2D eigenvalue weighted by Crippen LogP contribution is 2.30. The monoisotopic (exact) mass is 259 g/mol. The molecule has 3 heteroatoms. The summed E-state index contributed by atoms with van der Waals surface area (Å²) in [6.07, 6.45) is 4.05. The molecule has 3 rings (SSSR count). The highest BCUT2D eigenvalue weighted by molar-refractivity contribution is 5.81. The Morgan fingerprint density at radius 3 is 3.00 bits per heavy atom. The minimum atomic E-state index is -0.0415. The minimum Gasteiger partial charge on any atom is -0.373 e. The number of ketones is 1. The molecular weight excluding hydrogens is 238 g/mol. The summed E-state index contributed by atoms with van der Waals surface area (Å²) in [4.78, 5) is 12.0. The van der Waals surface area contributed by atoms with Gasteiger partial charge in [-0.05, 0) is 42.9 Å². The summed E-state index contributed by atoms with van der Waals surface area (Å²) in [6, 6.07) is 8.31. The quantitative estimate of drug-likeness (QED) is 0.851. The first-order valence-corrected chi connectivity index (χ1v) is 7.25. The topological polar surface area (TPSA) is 38.3 Å². The number of Topliss-reactive ketones (excluding diaryl/α,β-unsaturated/α-hetero) is 1. The fraction of sp³-hybridized carbons (Fsp3) is 0.562. The molecule has 1 saturated carbocycles. The first-order valence-electron chi connectivity index (χ1n) is 7.25. The van der Waals surface area contributed by atoms with Gasteiger partial charge in [0, 0.05) is 6.42 Å². The van der Waals surface area contributed by atoms with E-state index in [1.165, 1.54) is 24.0 Å². The van der Waals surface area contributed by atoms with Crippen LogP contribution in [0.4, 0.5) is 0 Å². The van der Waals surface area contributed by atoms with Crippen molar-refractivity contribution >= 4 is 5.78 Å². The zero-order chi connectivity index (χ0) is 13.1. The Labute approximate surface area is 114 Å². The largest absolute Gasteiger partial charge is 0.373 e. The van der Waals surface area contributed by atoms with E-state index < -0.39 is 0 Å². The van der Waals surface area contributed by atoms with Gasteiger partial charge in [0.2, 0.25) is 0 Å². The zero-order valence-electron chi connectivity index (χ0n) is 11.2. The first kappa shape index (κ1) is 12.8. The van der Waals surface area contributed by atoms with Gasteiger partial charge in [0.05, 0.1) is 19.3 Å². The molecule has 0 radical (unpaired) electrons. The van der Waals surface area contributed by atoms with E-state index >= 15 is 0 Å². The summed E-state index contributed by atoms with van der Waals surface area (Å²) in [5, 5.41) is 3.26. The van der Waals surface area contributed by atoms with E-state index in [0.717, 1.165) is 25.5 Å². The van der Waals surface area contributed by atoms with Gasteiger partial charge < -0.3 is 10.1 Å². The van der Waals surface area contributed by atoms with Crippen molar-refractivity contribution in [1.29, 1.82) is 0 Å². The van der Waals surface area contributed by atoms with Gasteiger partial charge in [0.1, 0.15) is 5.78 Å². The SMILES string of the molecule is O=C(CNCC1CC1)CC1OCCc2ccccc21. The second-order valence-electron chi connectivity index (χ2n) is 5.63. The first-order chi connectivity index (χ1) is 9.33. The highest BCUT2D eigenvalue weighted by atomic mass is 16.5. The lowest BCUT2D eigenvalue weighted by Gasteiger charge is -2.25. The van der Waals surface area contributed by atoms with Gasteiger partial charge in [-0.15, -0.1) is 0 Å². The van der Waals surface area contributed by atoms with Gasteiger partial charge >= 0.3 is 0 Å². The summed E-state index contributed by atoms with van der Waals surface area (Å²) >= 11 is 0. The van der Waals surface area contributed by atoms with Gasteiger partial charge in [-0.3, -0.25) is 4.79 Å². The van der Waals surface area contributed by atoms with E-state index in [0.29, 0.717) is 13.0 Å². The van der Waals surface area contributed by atoms with E-state index in [2.05, 4.69) is 23.5 Å². The molecule has 0 aromatic heterocycles. The lowest BCUT2D eigenvalue weighted by Crippen LogP contribution is -2.27. The number of nitrogens with one attached hydrogen (secondary N) is 1. The molecule has 2 aliphatic rings. The third-order valence-corrected chi connectivity index (χ3v) is 3.96. The van der Waals surface area contributed by atoms with Crippen molar-refractivity contribution in [1.82, 2.24) is 5.32 Å². The third kappa shape index (κ3) is 3.43. The molecule has 1 N–H and O–H groups in total. The van der Waals surface area contributed by atoms with Crippen LogP contribution in [0, 0.1) is 5.92 Å². The van der Waals surface area contributed by atoms with Crippen LogP contribution in [0.15, 0.2) is 24.3 Å². The van der Waals surface area contributed by atoms with Crippen LogP contribution in [0.1, 0.15) is 36.5 Å². The Balaban J connectivity index is 1.53. The van der Waals surface area contributed by atoms with E-state index in [9.17, 15) is 4.79 Å². The average molecular weight is 259 g/mol. The molecule has 1 aromatic carbocycles. The van der Waals surface area contributed by atoms with Gasteiger partial charge in [0.25, 0.3) is 0 Å². The van der Waals surface area contributed by atoms with E-state index in [1.807, 2.05) is 6.07 Å². The predicted octanol–water partition coefficient (Wildman–Crippen LogP) is 2.26. The van der Waals surface area contributed by atoms with E-state index in [1.54, 1.807) is 0 Å². The fourth-order valence-corrected chi connectivity index (χ4v) is 2.66. The number of hydrogen-bond acceptors (Lipinski definition) is 3. The highest BCUT2D eigenvalue weighted by Gasteiger charge is 2.24. The molecule has 19 heavy (non-hydrogen) atoms. The number of carbonyl (C=O) groups is 1. The molecule has 0 bridgehead atoms. The second-order valence-corrected chi connectivity index (χ2v) is 5.63. The van der Waals surface area contributed by atoms with Crippen molar-refractivity contribution in [3.05, 3.63) is 35.4 Å². The Bertz CT molecular complexity index is 454. The summed E-state index contributed by atoms with van der Waals surface area (Å²) in [7, 11) is 0. The molecule has 1 fully saturated rings. The lowest BCUT2D eigenvalue weighted by molar-refractivity contribution is -0.121. The van der Waals surface area contributed by atoms with Crippen molar-refractivity contribution in [2.45, 2.75) is 31.8 Å². The Morgan fingerprint density at radius 1 is 1.32 bits per heavy atom. The molecule has 0 saturated heterocycles. The Morgan fingerprint density at radius 2 is 2.16 bits per heavy atom. The maximum absolute atomic E-state index is 12.0. The molecule has 1 aromatic rings. The molecule has 0 spiro atoms.